The zero-order chi connectivity index (χ0) is 26.9. The van der Waals surface area contributed by atoms with E-state index in [9.17, 15) is 22.8 Å². The van der Waals surface area contributed by atoms with Crippen LogP contribution in [0.15, 0.2) is 109 Å². The number of carbonyl (C=O) groups excluding carboxylic acids is 2. The fourth-order valence-corrected chi connectivity index (χ4v) is 6.89. The summed E-state index contributed by atoms with van der Waals surface area (Å²) in [6.07, 6.45) is -4.65. The standard InChI is InChI=1S/C31H22ClF3NO2/c1-29-26(30(29,20-10-4-2-5-11-20)21-12-6-3-7-13-21)27(37)36(28(29)38,25-17-9-15-23(32)19-25)24-16-8-14-22(18-24)31(33,34)35/h2-19,26H,1H3/q+1. The van der Waals surface area contributed by atoms with Gasteiger partial charge in [-0.1, -0.05) is 84.4 Å². The monoisotopic (exact) mass is 532 g/mol. The topological polar surface area (TPSA) is 34.1 Å². The summed E-state index contributed by atoms with van der Waals surface area (Å²) in [5.41, 5.74) is -1.31. The summed E-state index contributed by atoms with van der Waals surface area (Å²) < 4.78 is 40.3. The fourth-order valence-electron chi connectivity index (χ4n) is 6.70. The average molecular weight is 533 g/mol. The van der Waals surface area contributed by atoms with Gasteiger partial charge in [0.1, 0.15) is 11.3 Å². The van der Waals surface area contributed by atoms with Crippen LogP contribution in [0.5, 0.6) is 0 Å². The Balaban J connectivity index is 1.64. The summed E-state index contributed by atoms with van der Waals surface area (Å²) in [5, 5.41) is 0.274. The van der Waals surface area contributed by atoms with Gasteiger partial charge in [-0.3, -0.25) is 0 Å². The molecule has 1 aliphatic carbocycles. The molecule has 7 heteroatoms. The number of quaternary nitrogens is 1. The number of benzene rings is 4. The maximum absolute atomic E-state index is 14.9. The maximum Gasteiger partial charge on any atom is 0.416 e. The second kappa shape index (κ2) is 8.13. The molecule has 1 saturated heterocycles. The number of imide groups is 1. The lowest BCUT2D eigenvalue weighted by Gasteiger charge is -2.35. The van der Waals surface area contributed by atoms with Gasteiger partial charge in [0, 0.05) is 29.3 Å². The molecule has 2 amide bonds. The van der Waals surface area contributed by atoms with Crippen molar-refractivity contribution < 1.29 is 22.8 Å². The van der Waals surface area contributed by atoms with Gasteiger partial charge in [0.25, 0.3) is 0 Å². The van der Waals surface area contributed by atoms with Crippen LogP contribution in [-0.2, 0) is 21.2 Å². The van der Waals surface area contributed by atoms with Gasteiger partial charge in [-0.05, 0) is 30.2 Å². The number of rotatable bonds is 4. The third-order valence-electron chi connectivity index (χ3n) is 8.29. The highest BCUT2D eigenvalue weighted by Crippen LogP contribution is 2.79. The molecule has 3 unspecified atom stereocenters. The van der Waals surface area contributed by atoms with Gasteiger partial charge in [-0.15, -0.1) is 4.48 Å². The Kier molecular flexibility index (Phi) is 5.26. The van der Waals surface area contributed by atoms with E-state index in [1.54, 1.807) is 25.1 Å². The molecule has 3 atom stereocenters. The molecule has 2 aliphatic rings. The minimum Gasteiger partial charge on any atom is -0.229 e. The van der Waals surface area contributed by atoms with E-state index in [2.05, 4.69) is 0 Å². The molecule has 2 fully saturated rings. The predicted molar refractivity (Wildman–Crippen MR) is 140 cm³/mol. The second-order valence-electron chi connectivity index (χ2n) is 10.0. The minimum atomic E-state index is -4.65. The van der Waals surface area contributed by atoms with E-state index >= 15 is 0 Å². The van der Waals surface area contributed by atoms with Crippen LogP contribution >= 0.6 is 11.6 Å². The van der Waals surface area contributed by atoms with Crippen molar-refractivity contribution in [1.29, 1.82) is 0 Å². The van der Waals surface area contributed by atoms with Gasteiger partial charge >= 0.3 is 18.0 Å². The smallest absolute Gasteiger partial charge is 0.229 e. The molecule has 0 N–H and O–H groups in total. The SMILES string of the molecule is CC12C(=O)[N+](c3cccc(Cl)c3)(c3cccc(C(F)(F)F)c3)C(=O)C1C2(c1ccccc1)c1ccccc1. The molecular weight excluding hydrogens is 511 g/mol. The Labute approximate surface area is 222 Å². The predicted octanol–water partition coefficient (Wildman–Crippen LogP) is 7.69. The highest BCUT2D eigenvalue weighted by Gasteiger charge is 2.93. The lowest BCUT2D eigenvalue weighted by atomic mass is 9.78. The van der Waals surface area contributed by atoms with Gasteiger partial charge in [0.15, 0.2) is 11.4 Å². The minimum absolute atomic E-state index is 0.0551. The summed E-state index contributed by atoms with van der Waals surface area (Å²) >= 11 is 6.29. The number of hydrogen-bond acceptors (Lipinski definition) is 2. The number of nitrogens with zero attached hydrogens (tertiary/aromatic N) is 1. The van der Waals surface area contributed by atoms with Gasteiger partial charge in [0.2, 0.25) is 0 Å². The molecule has 4 aromatic carbocycles. The molecule has 0 spiro atoms. The van der Waals surface area contributed by atoms with Crippen molar-refractivity contribution in [1.82, 2.24) is 4.48 Å². The molecule has 1 heterocycles. The molecule has 38 heavy (non-hydrogen) atoms. The normalized spacial score (nSPS) is 25.8. The maximum atomic E-state index is 14.9. The Morgan fingerprint density at radius 3 is 1.74 bits per heavy atom. The Hall–Kier alpha value is -3.74. The third-order valence-corrected chi connectivity index (χ3v) is 8.52. The molecule has 190 valence electrons. The first-order valence-corrected chi connectivity index (χ1v) is 12.5. The van der Waals surface area contributed by atoms with Crippen molar-refractivity contribution in [3.63, 3.8) is 0 Å². The number of carbonyl (C=O) groups is 2. The quantitative estimate of drug-likeness (QED) is 0.199. The first-order valence-electron chi connectivity index (χ1n) is 12.1. The number of alkyl halides is 3. The molecule has 0 radical (unpaired) electrons. The lowest BCUT2D eigenvalue weighted by molar-refractivity contribution is -0.140. The van der Waals surface area contributed by atoms with Crippen LogP contribution < -0.4 is 4.48 Å². The number of hydrogen-bond donors (Lipinski definition) is 0. The Morgan fingerprint density at radius 1 is 0.737 bits per heavy atom. The molecule has 4 aromatic rings. The van der Waals surface area contributed by atoms with Gasteiger partial charge < -0.3 is 0 Å². The first kappa shape index (κ1) is 24.6. The van der Waals surface area contributed by atoms with Crippen molar-refractivity contribution in [3.05, 3.63) is 131 Å². The molecule has 6 rings (SSSR count). The van der Waals surface area contributed by atoms with E-state index in [-0.39, 0.29) is 16.4 Å². The summed E-state index contributed by atoms with van der Waals surface area (Å²) in [5.74, 6) is -1.77. The molecule has 1 aliphatic heterocycles. The second-order valence-corrected chi connectivity index (χ2v) is 10.5. The summed E-state index contributed by atoms with van der Waals surface area (Å²) in [4.78, 5) is 29.6. The van der Waals surface area contributed by atoms with E-state index in [0.29, 0.717) is 0 Å². The number of amides is 2. The van der Waals surface area contributed by atoms with Crippen molar-refractivity contribution >= 4 is 34.8 Å². The van der Waals surface area contributed by atoms with Crippen molar-refractivity contribution in [2.45, 2.75) is 18.5 Å². The van der Waals surface area contributed by atoms with Crippen LogP contribution in [-0.4, -0.2) is 11.8 Å². The molecule has 0 bridgehead atoms. The summed E-state index contributed by atoms with van der Waals surface area (Å²) in [6, 6.07) is 29.5. The molecule has 0 aromatic heterocycles. The van der Waals surface area contributed by atoms with E-state index in [4.69, 9.17) is 11.6 Å². The van der Waals surface area contributed by atoms with Crippen LogP contribution in [0.2, 0.25) is 5.02 Å². The largest absolute Gasteiger partial charge is 0.416 e. The van der Waals surface area contributed by atoms with Crippen molar-refractivity contribution in [2.75, 3.05) is 0 Å². The van der Waals surface area contributed by atoms with Gasteiger partial charge in [-0.2, -0.15) is 13.2 Å². The Bertz CT molecular complexity index is 1550. The zero-order valence-electron chi connectivity index (χ0n) is 20.2. The van der Waals surface area contributed by atoms with Crippen molar-refractivity contribution in [2.24, 2.45) is 11.3 Å². The van der Waals surface area contributed by atoms with Crippen LogP contribution in [0.4, 0.5) is 24.5 Å². The van der Waals surface area contributed by atoms with E-state index in [1.165, 1.54) is 18.2 Å². The average Bonchev–Trinajstić information content (AvgIpc) is 3.45. The highest BCUT2D eigenvalue weighted by atomic mass is 35.5. The molecule has 3 nitrogen and oxygen atoms in total. The van der Waals surface area contributed by atoms with Crippen molar-refractivity contribution in [3.8, 4) is 0 Å². The van der Waals surface area contributed by atoms with Crippen LogP contribution in [0.1, 0.15) is 23.6 Å². The van der Waals surface area contributed by atoms with Crippen LogP contribution in [0, 0.1) is 11.3 Å². The zero-order valence-corrected chi connectivity index (χ0v) is 21.0. The fraction of sp³-hybridized carbons (Fsp3) is 0.161. The highest BCUT2D eigenvalue weighted by molar-refractivity contribution is 6.32. The van der Waals surface area contributed by atoms with E-state index in [0.717, 1.165) is 23.3 Å². The van der Waals surface area contributed by atoms with E-state index in [1.807, 2.05) is 60.7 Å². The Morgan fingerprint density at radius 2 is 1.26 bits per heavy atom. The number of fused-ring (bicyclic) bond motifs is 1. The third kappa shape index (κ3) is 2.96. The first-order chi connectivity index (χ1) is 18.1. The van der Waals surface area contributed by atoms with Crippen LogP contribution in [0.3, 0.4) is 0 Å². The summed E-state index contributed by atoms with van der Waals surface area (Å²) in [7, 11) is 0. The summed E-state index contributed by atoms with van der Waals surface area (Å²) in [6.45, 7) is 1.76. The van der Waals surface area contributed by atoms with Gasteiger partial charge in [0.05, 0.1) is 11.0 Å². The van der Waals surface area contributed by atoms with Gasteiger partial charge in [-0.25, -0.2) is 9.59 Å². The number of halogens is 4. The lowest BCUT2D eigenvalue weighted by Crippen LogP contribution is -2.56. The van der Waals surface area contributed by atoms with E-state index < -0.39 is 44.8 Å². The van der Waals surface area contributed by atoms with Crippen LogP contribution in [0.25, 0.3) is 0 Å². The number of piperidine rings is 1. The molecule has 1 saturated carbocycles. The molecular formula is C31H22ClF3NO2+.